The number of ether oxygens (including phenoxy) is 2. The quantitative estimate of drug-likeness (QED) is 0.646. The minimum atomic E-state index is -0.645. The van der Waals surface area contributed by atoms with E-state index >= 15 is 0 Å². The van der Waals surface area contributed by atoms with Crippen LogP contribution in [0.4, 0.5) is 0 Å². The Kier molecular flexibility index (Phi) is 7.04. The van der Waals surface area contributed by atoms with Gasteiger partial charge in [0.05, 0.1) is 18.9 Å². The van der Waals surface area contributed by atoms with Crippen LogP contribution in [-0.2, 0) is 11.3 Å². The maximum atomic E-state index is 11.3. The summed E-state index contributed by atoms with van der Waals surface area (Å²) in [4.78, 5) is 13.5. The van der Waals surface area contributed by atoms with Gasteiger partial charge in [-0.05, 0) is 56.2 Å². The van der Waals surface area contributed by atoms with Crippen molar-refractivity contribution in [1.29, 1.82) is 0 Å². The van der Waals surface area contributed by atoms with Gasteiger partial charge in [-0.3, -0.25) is 9.69 Å². The molecular weight excluding hydrogens is 346 g/mol. The second kappa shape index (κ2) is 9.69. The maximum absolute atomic E-state index is 11.3. The Balaban J connectivity index is 1.51. The van der Waals surface area contributed by atoms with Crippen molar-refractivity contribution in [3.05, 3.63) is 54.0 Å². The number of hydrogen-bond acceptors (Lipinski definition) is 6. The molecule has 1 fully saturated rings. The summed E-state index contributed by atoms with van der Waals surface area (Å²) in [6.07, 6.45) is 3.34. The first-order chi connectivity index (χ1) is 13.1. The molecule has 1 aromatic carbocycles. The highest BCUT2D eigenvalue weighted by Gasteiger charge is 2.22. The molecule has 0 bridgehead atoms. The Hall–Kier alpha value is -2.15. The van der Waals surface area contributed by atoms with E-state index in [-0.39, 0.29) is 18.5 Å². The first-order valence-electron chi connectivity index (χ1n) is 9.38. The van der Waals surface area contributed by atoms with Crippen LogP contribution in [0.1, 0.15) is 35.9 Å². The molecule has 0 amide bonds. The van der Waals surface area contributed by atoms with Gasteiger partial charge in [0, 0.05) is 25.3 Å². The highest BCUT2D eigenvalue weighted by atomic mass is 16.5. The average molecular weight is 373 g/mol. The van der Waals surface area contributed by atoms with E-state index in [0.29, 0.717) is 24.4 Å². The molecule has 2 aromatic rings. The molecule has 1 aliphatic heterocycles. The van der Waals surface area contributed by atoms with Crippen LogP contribution in [0, 0.1) is 0 Å². The van der Waals surface area contributed by atoms with Crippen LogP contribution in [0.3, 0.4) is 0 Å². The lowest BCUT2D eigenvalue weighted by Crippen LogP contribution is -2.39. The fraction of sp³-hybridized carbons (Fsp3) is 0.476. The lowest BCUT2D eigenvalue weighted by Gasteiger charge is -2.26. The Bertz CT molecular complexity index is 692. The second-order valence-corrected chi connectivity index (χ2v) is 6.95. The van der Waals surface area contributed by atoms with Crippen LogP contribution >= 0.6 is 0 Å². The van der Waals surface area contributed by atoms with E-state index in [4.69, 9.17) is 13.9 Å². The van der Waals surface area contributed by atoms with Gasteiger partial charge in [-0.1, -0.05) is 0 Å². The third-order valence-corrected chi connectivity index (χ3v) is 4.62. The molecule has 2 atom stereocenters. The van der Waals surface area contributed by atoms with Crippen molar-refractivity contribution >= 4 is 5.78 Å². The number of carbonyl (C=O) groups excluding carboxylic acids is 1. The predicted molar refractivity (Wildman–Crippen MR) is 101 cm³/mol. The van der Waals surface area contributed by atoms with Gasteiger partial charge < -0.3 is 19.0 Å². The van der Waals surface area contributed by atoms with E-state index in [1.54, 1.807) is 30.5 Å². The van der Waals surface area contributed by atoms with E-state index in [1.807, 2.05) is 12.1 Å². The lowest BCUT2D eigenvalue weighted by molar-refractivity contribution is 0.0290. The average Bonchev–Trinajstić information content (AvgIpc) is 3.34. The van der Waals surface area contributed by atoms with Crippen molar-refractivity contribution in [3.8, 4) is 5.75 Å². The van der Waals surface area contributed by atoms with Gasteiger partial charge in [0.1, 0.15) is 24.2 Å². The van der Waals surface area contributed by atoms with Crippen LogP contribution in [0.15, 0.2) is 47.1 Å². The summed E-state index contributed by atoms with van der Waals surface area (Å²) in [5.74, 6) is 1.51. The summed E-state index contributed by atoms with van der Waals surface area (Å²) >= 11 is 0. The highest BCUT2D eigenvalue weighted by molar-refractivity contribution is 5.94. The molecule has 3 rings (SSSR count). The minimum Gasteiger partial charge on any atom is -0.491 e. The molecular formula is C21H27NO5. The SMILES string of the molecule is CC(=O)c1ccc(OCC(O)CN(Cc2ccco2)CC2CCCO2)cc1. The molecule has 1 N–H and O–H groups in total. The van der Waals surface area contributed by atoms with E-state index in [0.717, 1.165) is 31.8 Å². The first-order valence-corrected chi connectivity index (χ1v) is 9.38. The normalized spacial score (nSPS) is 18.0. The number of benzene rings is 1. The number of Topliss-reactive ketones (excluding diaryl/α,β-unsaturated/α-hetero) is 1. The van der Waals surface area contributed by atoms with Crippen molar-refractivity contribution in [2.45, 2.75) is 38.5 Å². The fourth-order valence-corrected chi connectivity index (χ4v) is 3.23. The first kappa shape index (κ1) is 19.6. The Morgan fingerprint density at radius 3 is 2.78 bits per heavy atom. The number of hydrogen-bond donors (Lipinski definition) is 1. The van der Waals surface area contributed by atoms with Gasteiger partial charge in [0.15, 0.2) is 5.78 Å². The second-order valence-electron chi connectivity index (χ2n) is 6.95. The number of furan rings is 1. The van der Waals surface area contributed by atoms with Gasteiger partial charge in [-0.2, -0.15) is 0 Å². The number of carbonyl (C=O) groups is 1. The molecule has 2 heterocycles. The molecule has 1 saturated heterocycles. The molecule has 0 aliphatic carbocycles. The third-order valence-electron chi connectivity index (χ3n) is 4.62. The highest BCUT2D eigenvalue weighted by Crippen LogP contribution is 2.17. The summed E-state index contributed by atoms with van der Waals surface area (Å²) < 4.78 is 16.8. The molecule has 0 radical (unpaired) electrons. The fourth-order valence-electron chi connectivity index (χ4n) is 3.23. The lowest BCUT2D eigenvalue weighted by atomic mass is 10.1. The number of rotatable bonds is 10. The van der Waals surface area contributed by atoms with E-state index in [2.05, 4.69) is 4.90 Å². The zero-order valence-corrected chi connectivity index (χ0v) is 15.7. The Labute approximate surface area is 159 Å². The van der Waals surface area contributed by atoms with Crippen LogP contribution in [0.5, 0.6) is 5.75 Å². The third kappa shape index (κ3) is 6.20. The van der Waals surface area contributed by atoms with E-state index < -0.39 is 6.10 Å². The van der Waals surface area contributed by atoms with Crippen molar-refractivity contribution in [2.24, 2.45) is 0 Å². The van der Waals surface area contributed by atoms with Gasteiger partial charge in [-0.25, -0.2) is 0 Å². The molecule has 1 aromatic heterocycles. The maximum Gasteiger partial charge on any atom is 0.159 e. The predicted octanol–water partition coefficient (Wildman–Crippen LogP) is 2.90. The van der Waals surface area contributed by atoms with Crippen molar-refractivity contribution in [3.63, 3.8) is 0 Å². The van der Waals surface area contributed by atoms with Gasteiger partial charge >= 0.3 is 0 Å². The van der Waals surface area contributed by atoms with E-state index in [9.17, 15) is 9.90 Å². The van der Waals surface area contributed by atoms with Crippen molar-refractivity contribution in [2.75, 3.05) is 26.3 Å². The van der Waals surface area contributed by atoms with Crippen LogP contribution < -0.4 is 4.74 Å². The van der Waals surface area contributed by atoms with Gasteiger partial charge in [-0.15, -0.1) is 0 Å². The molecule has 146 valence electrons. The molecule has 6 nitrogen and oxygen atoms in total. The summed E-state index contributed by atoms with van der Waals surface area (Å²) in [6, 6.07) is 10.7. The summed E-state index contributed by atoms with van der Waals surface area (Å²) in [5, 5.41) is 10.4. The molecule has 27 heavy (non-hydrogen) atoms. The Morgan fingerprint density at radius 1 is 1.33 bits per heavy atom. The molecule has 2 unspecified atom stereocenters. The van der Waals surface area contributed by atoms with Crippen molar-refractivity contribution < 1.29 is 23.8 Å². The van der Waals surface area contributed by atoms with Gasteiger partial charge in [0.2, 0.25) is 0 Å². The largest absolute Gasteiger partial charge is 0.491 e. The summed E-state index contributed by atoms with van der Waals surface area (Å²) in [6.45, 7) is 4.36. The summed E-state index contributed by atoms with van der Waals surface area (Å²) in [7, 11) is 0. The molecule has 0 saturated carbocycles. The summed E-state index contributed by atoms with van der Waals surface area (Å²) in [5.41, 5.74) is 0.643. The van der Waals surface area contributed by atoms with Gasteiger partial charge in [0.25, 0.3) is 0 Å². The van der Waals surface area contributed by atoms with Crippen molar-refractivity contribution in [1.82, 2.24) is 4.90 Å². The number of ketones is 1. The molecule has 1 aliphatic rings. The zero-order valence-electron chi connectivity index (χ0n) is 15.7. The van der Waals surface area contributed by atoms with Crippen LogP contribution in [0.2, 0.25) is 0 Å². The Morgan fingerprint density at radius 2 is 2.15 bits per heavy atom. The topological polar surface area (TPSA) is 72.1 Å². The van der Waals surface area contributed by atoms with E-state index in [1.165, 1.54) is 6.92 Å². The zero-order chi connectivity index (χ0) is 19.1. The van der Waals surface area contributed by atoms with Crippen LogP contribution in [-0.4, -0.2) is 54.3 Å². The molecule has 0 spiro atoms. The number of nitrogens with zero attached hydrogens (tertiary/aromatic N) is 1. The number of aliphatic hydroxyl groups is 1. The number of aliphatic hydroxyl groups excluding tert-OH is 1. The monoisotopic (exact) mass is 373 g/mol. The molecule has 6 heteroatoms. The standard InChI is InChI=1S/C21H27NO5/c1-16(23)17-6-8-19(9-7-17)27-15-18(24)12-22(13-20-4-2-10-25-20)14-21-5-3-11-26-21/h2,4,6-10,18,21,24H,3,5,11-15H2,1H3. The minimum absolute atomic E-state index is 0.0179. The van der Waals surface area contributed by atoms with Crippen LogP contribution in [0.25, 0.3) is 0 Å². The smallest absolute Gasteiger partial charge is 0.159 e.